The minimum atomic E-state index is -0.831. The summed E-state index contributed by atoms with van der Waals surface area (Å²) in [5.74, 6) is -1.98. The average molecular weight is 395 g/mol. The van der Waals surface area contributed by atoms with Crippen LogP contribution in [0.3, 0.4) is 0 Å². The van der Waals surface area contributed by atoms with Crippen molar-refractivity contribution >= 4 is 23.6 Å². The Morgan fingerprint density at radius 1 is 1.11 bits per heavy atom. The van der Waals surface area contributed by atoms with Gasteiger partial charge >= 0.3 is 0 Å². The summed E-state index contributed by atoms with van der Waals surface area (Å²) in [6.45, 7) is 8.49. The number of hydrogen-bond donors (Lipinski definition) is 2. The maximum atomic E-state index is 12.5. The topological polar surface area (TPSA) is 114 Å². The van der Waals surface area contributed by atoms with Crippen molar-refractivity contribution in [1.29, 1.82) is 0 Å². The fourth-order valence-electron chi connectivity index (χ4n) is 2.92. The van der Waals surface area contributed by atoms with Crippen LogP contribution in [0, 0.1) is 5.41 Å². The van der Waals surface area contributed by atoms with Crippen LogP contribution in [0.4, 0.5) is 0 Å². The Morgan fingerprint density at radius 3 is 2.39 bits per heavy atom. The van der Waals surface area contributed by atoms with Gasteiger partial charge in [0.2, 0.25) is 11.8 Å². The Bertz CT molecular complexity index is 653. The van der Waals surface area contributed by atoms with E-state index in [-0.39, 0.29) is 43.1 Å². The van der Waals surface area contributed by atoms with E-state index >= 15 is 0 Å². The first-order valence-corrected chi connectivity index (χ1v) is 9.41. The van der Waals surface area contributed by atoms with Gasteiger partial charge in [0.25, 0.3) is 11.8 Å². The van der Waals surface area contributed by atoms with Crippen molar-refractivity contribution in [3.63, 3.8) is 0 Å². The molecule has 156 valence electrons. The molecule has 0 spiro atoms. The van der Waals surface area contributed by atoms with Gasteiger partial charge < -0.3 is 20.1 Å². The summed E-state index contributed by atoms with van der Waals surface area (Å²) in [6, 6.07) is 0. The van der Waals surface area contributed by atoms with Gasteiger partial charge in [-0.2, -0.15) is 0 Å². The van der Waals surface area contributed by atoms with Gasteiger partial charge in [-0.3, -0.25) is 24.1 Å². The van der Waals surface area contributed by atoms with E-state index in [1.165, 1.54) is 12.2 Å². The first kappa shape index (κ1) is 22.0. The van der Waals surface area contributed by atoms with Crippen LogP contribution in [0.1, 0.15) is 40.5 Å². The second-order valence-corrected chi connectivity index (χ2v) is 8.08. The Morgan fingerprint density at radius 2 is 1.75 bits per heavy atom. The highest BCUT2D eigenvalue weighted by Gasteiger charge is 2.45. The lowest BCUT2D eigenvalue weighted by Gasteiger charge is -2.44. The first-order chi connectivity index (χ1) is 13.0. The van der Waals surface area contributed by atoms with E-state index in [2.05, 4.69) is 10.6 Å². The van der Waals surface area contributed by atoms with Gasteiger partial charge in [-0.05, 0) is 20.3 Å². The molecule has 1 unspecified atom stereocenters. The molecule has 0 aromatic carbocycles. The van der Waals surface area contributed by atoms with E-state index in [0.29, 0.717) is 19.6 Å². The Balaban J connectivity index is 1.64. The van der Waals surface area contributed by atoms with Crippen molar-refractivity contribution in [2.24, 2.45) is 5.41 Å². The molecule has 1 fully saturated rings. The van der Waals surface area contributed by atoms with E-state index in [4.69, 9.17) is 9.47 Å². The number of hydrogen-bond acceptors (Lipinski definition) is 6. The fourth-order valence-corrected chi connectivity index (χ4v) is 2.92. The molecule has 9 heteroatoms. The molecule has 28 heavy (non-hydrogen) atoms. The maximum absolute atomic E-state index is 12.5. The van der Waals surface area contributed by atoms with Crippen molar-refractivity contribution in [3.8, 4) is 0 Å². The second-order valence-electron chi connectivity index (χ2n) is 8.08. The molecule has 0 saturated carbocycles. The number of nitrogens with one attached hydrogen (secondary N) is 2. The molecule has 2 heterocycles. The van der Waals surface area contributed by atoms with Crippen LogP contribution in [-0.4, -0.2) is 66.7 Å². The fraction of sp³-hybridized carbons (Fsp3) is 0.684. The highest BCUT2D eigenvalue weighted by atomic mass is 16.7. The number of imide groups is 1. The Hall–Kier alpha value is -2.26. The van der Waals surface area contributed by atoms with Gasteiger partial charge in [-0.1, -0.05) is 13.8 Å². The Kier molecular flexibility index (Phi) is 6.95. The standard InChI is InChI=1S/C19H29N3O6/c1-18(2)12-27-19(3,4)28-16(18)17(26)21-10-8-13(23)20-9-5-11-22-14(24)6-7-15(22)25/h6-7,16H,5,8-12H2,1-4H3,(H,20,23)(H,21,26). The van der Waals surface area contributed by atoms with Crippen LogP contribution in [-0.2, 0) is 28.7 Å². The summed E-state index contributed by atoms with van der Waals surface area (Å²) in [4.78, 5) is 48.3. The van der Waals surface area contributed by atoms with Gasteiger partial charge in [0.05, 0.1) is 6.61 Å². The summed E-state index contributed by atoms with van der Waals surface area (Å²) in [5, 5.41) is 5.45. The minimum Gasteiger partial charge on any atom is -0.356 e. The largest absolute Gasteiger partial charge is 0.356 e. The predicted octanol–water partition coefficient (Wildman–Crippen LogP) is 0.102. The van der Waals surface area contributed by atoms with Gasteiger partial charge in [0.1, 0.15) is 6.10 Å². The zero-order valence-electron chi connectivity index (χ0n) is 16.9. The van der Waals surface area contributed by atoms with Gasteiger partial charge in [0.15, 0.2) is 5.79 Å². The van der Waals surface area contributed by atoms with Crippen LogP contribution in [0.5, 0.6) is 0 Å². The molecule has 0 aromatic heterocycles. The van der Waals surface area contributed by atoms with Crippen molar-refractivity contribution in [2.75, 3.05) is 26.2 Å². The lowest BCUT2D eigenvalue weighted by atomic mass is 9.85. The molecule has 0 aliphatic carbocycles. The van der Waals surface area contributed by atoms with Crippen molar-refractivity contribution in [2.45, 2.75) is 52.4 Å². The van der Waals surface area contributed by atoms with Crippen molar-refractivity contribution in [3.05, 3.63) is 12.2 Å². The minimum absolute atomic E-state index is 0.127. The summed E-state index contributed by atoms with van der Waals surface area (Å²) in [5.41, 5.74) is -0.471. The lowest BCUT2D eigenvalue weighted by molar-refractivity contribution is -0.304. The van der Waals surface area contributed by atoms with E-state index in [1.807, 2.05) is 13.8 Å². The summed E-state index contributed by atoms with van der Waals surface area (Å²) in [6.07, 6.45) is 2.39. The highest BCUT2D eigenvalue weighted by molar-refractivity contribution is 6.12. The molecule has 0 aromatic rings. The van der Waals surface area contributed by atoms with Gasteiger partial charge in [0, 0.05) is 43.6 Å². The zero-order chi connectivity index (χ0) is 20.9. The molecule has 2 N–H and O–H groups in total. The smallest absolute Gasteiger partial charge is 0.253 e. The molecular formula is C19H29N3O6. The Labute approximate surface area is 164 Å². The van der Waals surface area contributed by atoms with Crippen molar-refractivity contribution < 1.29 is 28.7 Å². The monoisotopic (exact) mass is 395 g/mol. The number of nitrogens with zero attached hydrogens (tertiary/aromatic N) is 1. The predicted molar refractivity (Wildman–Crippen MR) is 99.8 cm³/mol. The SMILES string of the molecule is CC1(C)OCC(C)(C)C(C(=O)NCCC(=O)NCCCN2C(=O)C=CC2=O)O1. The molecule has 2 aliphatic heterocycles. The molecule has 1 saturated heterocycles. The molecule has 0 bridgehead atoms. The van der Waals surface area contributed by atoms with Gasteiger partial charge in [-0.15, -0.1) is 0 Å². The molecule has 9 nitrogen and oxygen atoms in total. The normalized spacial score (nSPS) is 23.0. The van der Waals surface area contributed by atoms with Crippen LogP contribution in [0.15, 0.2) is 12.2 Å². The highest BCUT2D eigenvalue weighted by Crippen LogP contribution is 2.34. The van der Waals surface area contributed by atoms with Crippen LogP contribution < -0.4 is 10.6 Å². The third-order valence-corrected chi connectivity index (χ3v) is 4.57. The van der Waals surface area contributed by atoms with Gasteiger partial charge in [-0.25, -0.2) is 0 Å². The number of rotatable bonds is 8. The van der Waals surface area contributed by atoms with Crippen LogP contribution in [0.25, 0.3) is 0 Å². The van der Waals surface area contributed by atoms with Crippen LogP contribution in [0.2, 0.25) is 0 Å². The van der Waals surface area contributed by atoms with Crippen molar-refractivity contribution in [1.82, 2.24) is 15.5 Å². The number of amides is 4. The first-order valence-electron chi connectivity index (χ1n) is 9.41. The number of carbonyl (C=O) groups is 4. The van der Waals surface area contributed by atoms with Crippen LogP contribution >= 0.6 is 0 Å². The quantitative estimate of drug-likeness (QED) is 0.445. The molecule has 2 aliphatic rings. The zero-order valence-corrected chi connectivity index (χ0v) is 16.9. The van der Waals surface area contributed by atoms with E-state index in [9.17, 15) is 19.2 Å². The maximum Gasteiger partial charge on any atom is 0.253 e. The average Bonchev–Trinajstić information content (AvgIpc) is 2.92. The summed E-state index contributed by atoms with van der Waals surface area (Å²) < 4.78 is 11.3. The summed E-state index contributed by atoms with van der Waals surface area (Å²) in [7, 11) is 0. The lowest BCUT2D eigenvalue weighted by Crippen LogP contribution is -2.56. The molecule has 4 amide bonds. The molecule has 2 rings (SSSR count). The second kappa shape index (κ2) is 8.83. The van der Waals surface area contributed by atoms with E-state index in [1.54, 1.807) is 13.8 Å². The third kappa shape index (κ3) is 5.87. The third-order valence-electron chi connectivity index (χ3n) is 4.57. The molecular weight excluding hydrogens is 366 g/mol. The van der Waals surface area contributed by atoms with E-state index < -0.39 is 17.3 Å². The van der Waals surface area contributed by atoms with E-state index in [0.717, 1.165) is 4.90 Å². The molecule has 0 radical (unpaired) electrons. The number of ether oxygens (including phenoxy) is 2. The molecule has 1 atom stereocenters. The number of carbonyl (C=O) groups excluding carboxylic acids is 4. The summed E-state index contributed by atoms with van der Waals surface area (Å²) >= 11 is 0.